The van der Waals surface area contributed by atoms with E-state index in [-0.39, 0.29) is 11.7 Å². The molecule has 0 radical (unpaired) electrons. The van der Waals surface area contributed by atoms with Crippen molar-refractivity contribution in [1.29, 1.82) is 0 Å². The normalized spacial score (nSPS) is 12.8. The van der Waals surface area contributed by atoms with E-state index < -0.39 is 12.1 Å². The van der Waals surface area contributed by atoms with Crippen LogP contribution in [0, 0.1) is 0 Å². The number of benzene rings is 2. The van der Waals surface area contributed by atoms with Crippen LogP contribution < -0.4 is 10.1 Å². The zero-order chi connectivity index (χ0) is 19.2. The predicted molar refractivity (Wildman–Crippen MR) is 102 cm³/mol. The molecule has 2 unspecified atom stereocenters. The summed E-state index contributed by atoms with van der Waals surface area (Å²) < 4.78 is 11.2. The van der Waals surface area contributed by atoms with Gasteiger partial charge in [-0.1, -0.05) is 42.5 Å². The fourth-order valence-electron chi connectivity index (χ4n) is 2.73. The molecule has 0 spiro atoms. The summed E-state index contributed by atoms with van der Waals surface area (Å²) in [5.41, 5.74) is 1.45. The molecule has 1 N–H and O–H groups in total. The molecule has 2 aromatic carbocycles. The standard InChI is InChI=1S/C22H21NO4/c1-15(24)18-10-6-11-19(14-18)27-16(2)22(25)23-21(20-12-7-13-26-20)17-8-4-3-5-9-17/h3-14,16,21H,1-2H3,(H,23,25). The van der Waals surface area contributed by atoms with Gasteiger partial charge >= 0.3 is 0 Å². The summed E-state index contributed by atoms with van der Waals surface area (Å²) in [4.78, 5) is 24.2. The quantitative estimate of drug-likeness (QED) is 0.640. The highest BCUT2D eigenvalue weighted by Gasteiger charge is 2.23. The van der Waals surface area contributed by atoms with Crippen LogP contribution in [0.25, 0.3) is 0 Å². The van der Waals surface area contributed by atoms with Crippen molar-refractivity contribution in [3.05, 3.63) is 89.9 Å². The maximum absolute atomic E-state index is 12.7. The van der Waals surface area contributed by atoms with E-state index >= 15 is 0 Å². The topological polar surface area (TPSA) is 68.5 Å². The lowest BCUT2D eigenvalue weighted by Crippen LogP contribution is -2.39. The highest BCUT2D eigenvalue weighted by molar-refractivity contribution is 5.94. The minimum Gasteiger partial charge on any atom is -0.481 e. The highest BCUT2D eigenvalue weighted by atomic mass is 16.5. The lowest BCUT2D eigenvalue weighted by atomic mass is 10.0. The molecular formula is C22H21NO4. The zero-order valence-corrected chi connectivity index (χ0v) is 15.2. The van der Waals surface area contributed by atoms with Gasteiger partial charge in [0.25, 0.3) is 5.91 Å². The summed E-state index contributed by atoms with van der Waals surface area (Å²) >= 11 is 0. The maximum atomic E-state index is 12.7. The van der Waals surface area contributed by atoms with E-state index in [4.69, 9.17) is 9.15 Å². The Morgan fingerprint density at radius 2 is 1.78 bits per heavy atom. The summed E-state index contributed by atoms with van der Waals surface area (Å²) in [6.07, 6.45) is 0.832. The Hall–Kier alpha value is -3.34. The molecule has 0 aliphatic heterocycles. The van der Waals surface area contributed by atoms with Crippen LogP contribution in [0.3, 0.4) is 0 Å². The first-order valence-corrected chi connectivity index (χ1v) is 8.71. The maximum Gasteiger partial charge on any atom is 0.261 e. The van der Waals surface area contributed by atoms with Gasteiger partial charge in [0, 0.05) is 5.56 Å². The third-order valence-corrected chi connectivity index (χ3v) is 4.17. The Bertz CT molecular complexity index is 903. The van der Waals surface area contributed by atoms with E-state index in [1.165, 1.54) is 6.92 Å². The second-order valence-corrected chi connectivity index (χ2v) is 6.21. The first-order valence-electron chi connectivity index (χ1n) is 8.71. The summed E-state index contributed by atoms with van der Waals surface area (Å²) in [6.45, 7) is 3.16. The lowest BCUT2D eigenvalue weighted by Gasteiger charge is -2.21. The molecule has 1 aromatic heterocycles. The third-order valence-electron chi connectivity index (χ3n) is 4.17. The molecule has 1 heterocycles. The number of ketones is 1. The molecule has 3 aromatic rings. The molecule has 5 heteroatoms. The molecule has 0 fully saturated rings. The number of furan rings is 1. The Kier molecular flexibility index (Phi) is 5.71. The largest absolute Gasteiger partial charge is 0.481 e. The van der Waals surface area contributed by atoms with E-state index in [1.807, 2.05) is 36.4 Å². The van der Waals surface area contributed by atoms with Crippen molar-refractivity contribution in [3.63, 3.8) is 0 Å². The van der Waals surface area contributed by atoms with Gasteiger partial charge in [-0.25, -0.2) is 0 Å². The number of hydrogen-bond donors (Lipinski definition) is 1. The molecular weight excluding hydrogens is 342 g/mol. The number of carbonyl (C=O) groups excluding carboxylic acids is 2. The van der Waals surface area contributed by atoms with Crippen LogP contribution in [0.2, 0.25) is 0 Å². The number of ether oxygens (including phenoxy) is 1. The van der Waals surface area contributed by atoms with Crippen molar-refractivity contribution in [1.82, 2.24) is 5.32 Å². The average molecular weight is 363 g/mol. The molecule has 0 aliphatic rings. The average Bonchev–Trinajstić information content (AvgIpc) is 3.21. The van der Waals surface area contributed by atoms with Gasteiger partial charge in [-0.15, -0.1) is 0 Å². The van der Waals surface area contributed by atoms with E-state index in [2.05, 4.69) is 5.32 Å². The summed E-state index contributed by atoms with van der Waals surface area (Å²) in [6, 6.07) is 19.6. The van der Waals surface area contributed by atoms with E-state index in [1.54, 1.807) is 43.5 Å². The third kappa shape index (κ3) is 4.64. The SMILES string of the molecule is CC(=O)c1cccc(OC(C)C(=O)NC(c2ccccc2)c2ccco2)c1. The molecule has 27 heavy (non-hydrogen) atoms. The van der Waals surface area contributed by atoms with Gasteiger partial charge in [0.05, 0.1) is 6.26 Å². The Labute approximate surface area is 158 Å². The molecule has 0 bridgehead atoms. The van der Waals surface area contributed by atoms with Crippen molar-refractivity contribution >= 4 is 11.7 Å². The van der Waals surface area contributed by atoms with Gasteiger partial charge < -0.3 is 14.5 Å². The van der Waals surface area contributed by atoms with Crippen LogP contribution >= 0.6 is 0 Å². The van der Waals surface area contributed by atoms with Gasteiger partial charge in [-0.3, -0.25) is 9.59 Å². The Morgan fingerprint density at radius 1 is 1.00 bits per heavy atom. The highest BCUT2D eigenvalue weighted by Crippen LogP contribution is 2.23. The van der Waals surface area contributed by atoms with Crippen molar-refractivity contribution < 1.29 is 18.7 Å². The molecule has 1 amide bonds. The van der Waals surface area contributed by atoms with Crippen LogP contribution in [0.1, 0.15) is 41.6 Å². The van der Waals surface area contributed by atoms with E-state index in [0.29, 0.717) is 17.1 Å². The molecule has 2 atom stereocenters. The van der Waals surface area contributed by atoms with Crippen molar-refractivity contribution in [2.75, 3.05) is 0 Å². The number of amides is 1. The van der Waals surface area contributed by atoms with E-state index in [9.17, 15) is 9.59 Å². The van der Waals surface area contributed by atoms with Crippen molar-refractivity contribution in [3.8, 4) is 5.75 Å². The van der Waals surface area contributed by atoms with Crippen LogP contribution in [-0.4, -0.2) is 17.8 Å². The van der Waals surface area contributed by atoms with Gasteiger partial charge in [0.15, 0.2) is 11.9 Å². The van der Waals surface area contributed by atoms with Crippen molar-refractivity contribution in [2.45, 2.75) is 26.0 Å². The number of rotatable bonds is 7. The molecule has 5 nitrogen and oxygen atoms in total. The molecule has 0 saturated heterocycles. The monoisotopic (exact) mass is 363 g/mol. The van der Waals surface area contributed by atoms with Gasteiger partial charge in [0.2, 0.25) is 0 Å². The molecule has 0 aliphatic carbocycles. The summed E-state index contributed by atoms with van der Waals surface area (Å²) in [5.74, 6) is 0.771. The second-order valence-electron chi connectivity index (χ2n) is 6.21. The molecule has 3 rings (SSSR count). The summed E-state index contributed by atoms with van der Waals surface area (Å²) in [7, 11) is 0. The van der Waals surface area contributed by atoms with Gasteiger partial charge in [-0.05, 0) is 43.7 Å². The number of nitrogens with one attached hydrogen (secondary N) is 1. The predicted octanol–water partition coefficient (Wildman–Crippen LogP) is 4.16. The zero-order valence-electron chi connectivity index (χ0n) is 15.2. The van der Waals surface area contributed by atoms with Crippen LogP contribution in [0.15, 0.2) is 77.4 Å². The van der Waals surface area contributed by atoms with Gasteiger partial charge in [-0.2, -0.15) is 0 Å². The molecule has 138 valence electrons. The van der Waals surface area contributed by atoms with Crippen LogP contribution in [0.5, 0.6) is 5.75 Å². The van der Waals surface area contributed by atoms with Crippen LogP contribution in [-0.2, 0) is 4.79 Å². The Balaban J connectivity index is 1.74. The number of Topliss-reactive ketones (excluding diaryl/α,β-unsaturated/α-hetero) is 1. The summed E-state index contributed by atoms with van der Waals surface area (Å²) in [5, 5.41) is 2.97. The number of carbonyl (C=O) groups is 2. The minimum absolute atomic E-state index is 0.0560. The second kappa shape index (κ2) is 8.36. The van der Waals surface area contributed by atoms with Crippen molar-refractivity contribution in [2.24, 2.45) is 0 Å². The first-order chi connectivity index (χ1) is 13.0. The fourth-order valence-corrected chi connectivity index (χ4v) is 2.73. The fraction of sp³-hybridized carbons (Fsp3) is 0.182. The van der Waals surface area contributed by atoms with Gasteiger partial charge in [0.1, 0.15) is 17.6 Å². The number of hydrogen-bond acceptors (Lipinski definition) is 4. The van der Waals surface area contributed by atoms with Crippen LogP contribution in [0.4, 0.5) is 0 Å². The first kappa shape index (κ1) is 18.5. The lowest BCUT2D eigenvalue weighted by molar-refractivity contribution is -0.127. The van der Waals surface area contributed by atoms with E-state index in [0.717, 1.165) is 5.56 Å². The molecule has 0 saturated carbocycles. The smallest absolute Gasteiger partial charge is 0.261 e. The Morgan fingerprint density at radius 3 is 2.44 bits per heavy atom. The minimum atomic E-state index is -0.742.